The molecule has 1 fully saturated rings. The van der Waals surface area contributed by atoms with Crippen LogP contribution in [0.15, 0.2) is 18.2 Å². The van der Waals surface area contributed by atoms with Crippen molar-refractivity contribution in [3.63, 3.8) is 0 Å². The van der Waals surface area contributed by atoms with Crippen molar-refractivity contribution in [3.8, 4) is 0 Å². The summed E-state index contributed by atoms with van der Waals surface area (Å²) in [7, 11) is 0. The third-order valence-electron chi connectivity index (χ3n) is 4.56. The van der Waals surface area contributed by atoms with Crippen molar-refractivity contribution in [1.82, 2.24) is 0 Å². The molecule has 0 bridgehead atoms. The first-order valence-electron chi connectivity index (χ1n) is 7.39. The summed E-state index contributed by atoms with van der Waals surface area (Å²) in [6.45, 7) is 6.54. The van der Waals surface area contributed by atoms with Crippen LogP contribution in [-0.2, 0) is 6.42 Å². The number of hydrogen-bond acceptors (Lipinski definition) is 1. The van der Waals surface area contributed by atoms with Gasteiger partial charge >= 0.3 is 0 Å². The maximum atomic E-state index is 13.1. The summed E-state index contributed by atoms with van der Waals surface area (Å²) in [5, 5.41) is 11.6. The van der Waals surface area contributed by atoms with Crippen LogP contribution < -0.4 is 0 Å². The van der Waals surface area contributed by atoms with Crippen molar-refractivity contribution >= 4 is 11.6 Å². The van der Waals surface area contributed by atoms with E-state index in [0.717, 1.165) is 24.8 Å². The van der Waals surface area contributed by atoms with E-state index in [4.69, 9.17) is 11.6 Å². The molecule has 1 aliphatic carbocycles. The Balaban J connectivity index is 2.28. The molecule has 0 radical (unpaired) electrons. The zero-order chi connectivity index (χ0) is 15.0. The molecule has 2 rings (SSSR count). The van der Waals surface area contributed by atoms with Gasteiger partial charge < -0.3 is 5.11 Å². The number of halogens is 2. The Morgan fingerprint density at radius 2 is 2.05 bits per heavy atom. The third kappa shape index (κ3) is 3.35. The summed E-state index contributed by atoms with van der Waals surface area (Å²) in [6, 6.07) is 4.44. The molecule has 1 aliphatic rings. The highest BCUT2D eigenvalue weighted by Gasteiger charge is 2.44. The van der Waals surface area contributed by atoms with Crippen LogP contribution in [0.2, 0.25) is 5.02 Å². The zero-order valence-electron chi connectivity index (χ0n) is 12.5. The predicted octanol–water partition coefficient (Wildman–Crippen LogP) is 4.99. The lowest BCUT2D eigenvalue weighted by Gasteiger charge is -2.47. The predicted molar refractivity (Wildman–Crippen MR) is 81.5 cm³/mol. The van der Waals surface area contributed by atoms with Crippen molar-refractivity contribution in [3.05, 3.63) is 34.6 Å². The topological polar surface area (TPSA) is 20.2 Å². The van der Waals surface area contributed by atoms with Crippen molar-refractivity contribution in [1.29, 1.82) is 0 Å². The number of aliphatic hydroxyl groups is 1. The standard InChI is InChI=1S/C17H24ClFO/c1-16(2,3)15-6-4-5-9-17(15,20)11-12-7-8-13(19)10-14(12)18/h7-8,10,15,20H,4-6,9,11H2,1-3H3. The van der Waals surface area contributed by atoms with Crippen LogP contribution in [0, 0.1) is 17.2 Å². The Morgan fingerprint density at radius 3 is 2.65 bits per heavy atom. The van der Waals surface area contributed by atoms with Crippen LogP contribution in [0.3, 0.4) is 0 Å². The minimum atomic E-state index is -0.738. The quantitative estimate of drug-likeness (QED) is 0.815. The second kappa shape index (κ2) is 5.65. The summed E-state index contributed by atoms with van der Waals surface area (Å²) in [5.41, 5.74) is 0.159. The Hall–Kier alpha value is -0.600. The first kappa shape index (κ1) is 15.8. The van der Waals surface area contributed by atoms with E-state index in [2.05, 4.69) is 20.8 Å². The van der Waals surface area contributed by atoms with Gasteiger partial charge in [-0.25, -0.2) is 4.39 Å². The number of rotatable bonds is 2. The van der Waals surface area contributed by atoms with Crippen molar-refractivity contribution < 1.29 is 9.50 Å². The van der Waals surface area contributed by atoms with Crippen LogP contribution in [-0.4, -0.2) is 10.7 Å². The van der Waals surface area contributed by atoms with Crippen molar-refractivity contribution in [2.45, 2.75) is 58.5 Å². The van der Waals surface area contributed by atoms with E-state index < -0.39 is 5.60 Å². The van der Waals surface area contributed by atoms with Crippen LogP contribution in [0.25, 0.3) is 0 Å². The van der Waals surface area contributed by atoms with Crippen LogP contribution in [0.4, 0.5) is 4.39 Å². The molecule has 112 valence electrons. The van der Waals surface area contributed by atoms with Crippen LogP contribution in [0.1, 0.15) is 52.0 Å². The SMILES string of the molecule is CC(C)(C)C1CCCCC1(O)Cc1ccc(F)cc1Cl. The van der Waals surface area contributed by atoms with E-state index in [-0.39, 0.29) is 17.2 Å². The zero-order valence-corrected chi connectivity index (χ0v) is 13.3. The molecule has 0 spiro atoms. The molecule has 1 saturated carbocycles. The molecule has 0 amide bonds. The maximum absolute atomic E-state index is 13.1. The highest BCUT2D eigenvalue weighted by atomic mass is 35.5. The van der Waals surface area contributed by atoms with E-state index in [0.29, 0.717) is 11.4 Å². The normalized spacial score (nSPS) is 27.6. The lowest BCUT2D eigenvalue weighted by atomic mass is 9.62. The van der Waals surface area contributed by atoms with Crippen LogP contribution in [0.5, 0.6) is 0 Å². The molecule has 3 heteroatoms. The minimum Gasteiger partial charge on any atom is -0.389 e. The largest absolute Gasteiger partial charge is 0.389 e. The summed E-state index contributed by atoms with van der Waals surface area (Å²) in [6.07, 6.45) is 4.55. The van der Waals surface area contributed by atoms with Gasteiger partial charge in [0, 0.05) is 11.4 Å². The van der Waals surface area contributed by atoms with Gasteiger partial charge in [0.1, 0.15) is 5.82 Å². The Morgan fingerprint density at radius 1 is 1.35 bits per heavy atom. The van der Waals surface area contributed by atoms with E-state index in [1.54, 1.807) is 6.07 Å². The number of benzene rings is 1. The lowest BCUT2D eigenvalue weighted by Crippen LogP contribution is -2.48. The molecule has 0 heterocycles. The molecular weight excluding hydrogens is 275 g/mol. The maximum Gasteiger partial charge on any atom is 0.124 e. The van der Waals surface area contributed by atoms with Gasteiger partial charge in [0.15, 0.2) is 0 Å². The molecular formula is C17H24ClFO. The number of hydrogen-bond donors (Lipinski definition) is 1. The second-order valence-electron chi connectivity index (χ2n) is 7.18. The third-order valence-corrected chi connectivity index (χ3v) is 4.91. The van der Waals surface area contributed by atoms with Gasteiger partial charge in [0.2, 0.25) is 0 Å². The average Bonchev–Trinajstić information content (AvgIpc) is 2.32. The molecule has 1 aromatic rings. The highest BCUT2D eigenvalue weighted by molar-refractivity contribution is 6.31. The summed E-state index contributed by atoms with van der Waals surface area (Å²) in [5.74, 6) is -0.0911. The highest BCUT2D eigenvalue weighted by Crippen LogP contribution is 2.46. The fourth-order valence-electron chi connectivity index (χ4n) is 3.67. The first-order chi connectivity index (χ1) is 9.22. The van der Waals surface area contributed by atoms with E-state index >= 15 is 0 Å². The molecule has 1 N–H and O–H groups in total. The monoisotopic (exact) mass is 298 g/mol. The van der Waals surface area contributed by atoms with Gasteiger partial charge in [-0.3, -0.25) is 0 Å². The molecule has 0 aliphatic heterocycles. The lowest BCUT2D eigenvalue weighted by molar-refractivity contribution is -0.0889. The van der Waals surface area contributed by atoms with E-state index in [9.17, 15) is 9.50 Å². The molecule has 0 aromatic heterocycles. The first-order valence-corrected chi connectivity index (χ1v) is 7.76. The van der Waals surface area contributed by atoms with Crippen molar-refractivity contribution in [2.24, 2.45) is 11.3 Å². The molecule has 2 unspecified atom stereocenters. The van der Waals surface area contributed by atoms with Crippen molar-refractivity contribution in [2.75, 3.05) is 0 Å². The van der Waals surface area contributed by atoms with Gasteiger partial charge in [-0.2, -0.15) is 0 Å². The van der Waals surface area contributed by atoms with Gasteiger partial charge in [-0.05, 0) is 41.9 Å². The summed E-state index contributed by atoms with van der Waals surface area (Å²) >= 11 is 6.12. The second-order valence-corrected chi connectivity index (χ2v) is 7.59. The Bertz CT molecular complexity index is 480. The Kier molecular flexibility index (Phi) is 4.46. The van der Waals surface area contributed by atoms with Crippen LogP contribution >= 0.6 is 11.6 Å². The fourth-order valence-corrected chi connectivity index (χ4v) is 3.90. The van der Waals surface area contributed by atoms with Gasteiger partial charge in [0.25, 0.3) is 0 Å². The smallest absolute Gasteiger partial charge is 0.124 e. The molecule has 0 saturated heterocycles. The van der Waals surface area contributed by atoms with Gasteiger partial charge in [0.05, 0.1) is 5.60 Å². The molecule has 20 heavy (non-hydrogen) atoms. The van der Waals surface area contributed by atoms with Gasteiger partial charge in [-0.1, -0.05) is 51.3 Å². The van der Waals surface area contributed by atoms with E-state index in [1.807, 2.05) is 0 Å². The summed E-state index contributed by atoms with van der Waals surface area (Å²) in [4.78, 5) is 0. The fraction of sp³-hybridized carbons (Fsp3) is 0.647. The minimum absolute atomic E-state index is 0.0572. The Labute approximate surface area is 126 Å². The van der Waals surface area contributed by atoms with Gasteiger partial charge in [-0.15, -0.1) is 0 Å². The average molecular weight is 299 g/mol. The molecule has 1 aromatic carbocycles. The molecule has 1 nitrogen and oxygen atoms in total. The summed E-state index contributed by atoms with van der Waals surface area (Å²) < 4.78 is 13.1. The van der Waals surface area contributed by atoms with E-state index in [1.165, 1.54) is 18.6 Å². The molecule has 2 atom stereocenters.